The minimum absolute atomic E-state index is 0.171. The molecule has 0 spiro atoms. The van der Waals surface area contributed by atoms with Crippen LogP contribution in [0.25, 0.3) is 0 Å². The maximum absolute atomic E-state index is 13.8. The summed E-state index contributed by atoms with van der Waals surface area (Å²) in [6.45, 7) is 10.1. The van der Waals surface area contributed by atoms with E-state index < -0.39 is 23.6 Å². The van der Waals surface area contributed by atoms with E-state index in [4.69, 9.17) is 14.2 Å². The van der Waals surface area contributed by atoms with Gasteiger partial charge in [0.05, 0.1) is 25.4 Å². The molecule has 0 heterocycles. The zero-order valence-electron chi connectivity index (χ0n) is 25.1. The molecule has 9 nitrogen and oxygen atoms in total. The largest absolute Gasteiger partial charge is 0.493 e. The average molecular weight is 569 g/mol. The molecule has 0 saturated heterocycles. The lowest BCUT2D eigenvalue weighted by Gasteiger charge is -2.45. The fourth-order valence-electron chi connectivity index (χ4n) is 5.50. The molecular weight excluding hydrogens is 524 g/mol. The normalized spacial score (nSPS) is 18.6. The molecule has 2 aromatic carbocycles. The first kappa shape index (κ1) is 31.9. The number of hydrogen-bond acceptors (Lipinski definition) is 6. The Balaban J connectivity index is 1.95. The number of methoxy groups -OCH3 is 1. The zero-order valence-corrected chi connectivity index (χ0v) is 25.1. The molecule has 41 heavy (non-hydrogen) atoms. The van der Waals surface area contributed by atoms with Gasteiger partial charge in [0.25, 0.3) is 0 Å². The summed E-state index contributed by atoms with van der Waals surface area (Å²) in [6.07, 6.45) is 2.63. The van der Waals surface area contributed by atoms with Crippen molar-refractivity contribution in [2.75, 3.05) is 26.9 Å². The lowest BCUT2D eigenvalue weighted by Crippen LogP contribution is -2.66. The highest BCUT2D eigenvalue weighted by Crippen LogP contribution is 2.40. The lowest BCUT2D eigenvalue weighted by molar-refractivity contribution is -0.155. The van der Waals surface area contributed by atoms with E-state index in [2.05, 4.69) is 17.4 Å². The summed E-state index contributed by atoms with van der Waals surface area (Å²) in [5, 5.41) is 12.8. The van der Waals surface area contributed by atoms with Crippen LogP contribution in [0.1, 0.15) is 86.5 Å². The zero-order chi connectivity index (χ0) is 30.2. The van der Waals surface area contributed by atoms with Gasteiger partial charge >= 0.3 is 12.0 Å². The number of urea groups is 1. The number of ketones is 1. The predicted molar refractivity (Wildman–Crippen MR) is 157 cm³/mol. The Morgan fingerprint density at radius 3 is 2.32 bits per heavy atom. The fourth-order valence-corrected chi connectivity index (χ4v) is 5.50. The monoisotopic (exact) mass is 568 g/mol. The Labute approximate surface area is 243 Å². The van der Waals surface area contributed by atoms with E-state index in [0.29, 0.717) is 43.2 Å². The van der Waals surface area contributed by atoms with Crippen LogP contribution in [0.3, 0.4) is 0 Å². The van der Waals surface area contributed by atoms with Crippen molar-refractivity contribution in [3.8, 4) is 11.5 Å². The number of hydrogen-bond donors (Lipinski definition) is 2. The first-order valence-corrected chi connectivity index (χ1v) is 14.4. The maximum Gasteiger partial charge on any atom is 0.329 e. The van der Waals surface area contributed by atoms with Crippen LogP contribution in [0, 0.1) is 6.92 Å². The van der Waals surface area contributed by atoms with Crippen LogP contribution in [0.4, 0.5) is 4.79 Å². The Bertz CT molecular complexity index is 1210. The number of nitrogens with zero attached hydrogens (tertiary/aromatic N) is 1. The second-order valence-electron chi connectivity index (χ2n) is 10.6. The van der Waals surface area contributed by atoms with Gasteiger partial charge in [-0.15, -0.1) is 0 Å². The van der Waals surface area contributed by atoms with E-state index in [9.17, 15) is 19.5 Å². The molecular formula is C32H44N2O7. The molecule has 1 aliphatic carbocycles. The van der Waals surface area contributed by atoms with E-state index in [1.165, 1.54) is 12.5 Å². The van der Waals surface area contributed by atoms with E-state index >= 15 is 0 Å². The van der Waals surface area contributed by atoms with Crippen molar-refractivity contribution in [3.63, 3.8) is 0 Å². The number of unbranched alkanes of at least 4 members (excludes halogenated alkanes) is 1. The summed E-state index contributed by atoms with van der Waals surface area (Å²) < 4.78 is 17.1. The van der Waals surface area contributed by atoms with Gasteiger partial charge in [-0.3, -0.25) is 4.79 Å². The number of carbonyl (C=O) groups is 3. The topological polar surface area (TPSA) is 114 Å². The third-order valence-electron chi connectivity index (χ3n) is 7.85. The highest BCUT2D eigenvalue weighted by molar-refractivity contribution is 6.00. The second kappa shape index (κ2) is 14.3. The van der Waals surface area contributed by atoms with Crippen molar-refractivity contribution in [2.45, 2.75) is 84.4 Å². The Kier molecular flexibility index (Phi) is 11.2. The van der Waals surface area contributed by atoms with Crippen molar-refractivity contribution in [1.29, 1.82) is 0 Å². The Morgan fingerprint density at radius 2 is 1.76 bits per heavy atom. The number of Topliss-reactive ketones (excluding diaryl/α,β-unsaturated/α-hetero) is 1. The van der Waals surface area contributed by atoms with Gasteiger partial charge < -0.3 is 29.5 Å². The number of carboxylic acid groups (broad SMARTS) is 1. The molecule has 0 aliphatic heterocycles. The first-order valence-electron chi connectivity index (χ1n) is 14.4. The Morgan fingerprint density at radius 1 is 1.10 bits per heavy atom. The van der Waals surface area contributed by atoms with Crippen LogP contribution < -0.4 is 14.8 Å². The minimum atomic E-state index is -1.37. The number of carbonyl (C=O) groups excluding carboxylic acids is 2. The van der Waals surface area contributed by atoms with Gasteiger partial charge in [-0.25, -0.2) is 9.59 Å². The molecule has 1 aliphatic rings. The summed E-state index contributed by atoms with van der Waals surface area (Å²) in [4.78, 5) is 40.3. The van der Waals surface area contributed by atoms with Gasteiger partial charge in [0.15, 0.2) is 5.78 Å². The SMILES string of the molecule is CCOc1cc(C(C)N(CCCCc2ccccc2)C(=O)NC2(C(=O)O)CC(OC)C2)c(C)c(OCC)c1C(C)=O. The van der Waals surface area contributed by atoms with Crippen molar-refractivity contribution in [2.24, 2.45) is 0 Å². The quantitative estimate of drug-likeness (QED) is 0.209. The van der Waals surface area contributed by atoms with E-state index in [0.717, 1.165) is 24.0 Å². The summed E-state index contributed by atoms with van der Waals surface area (Å²) in [5.74, 6) is -0.392. The molecule has 224 valence electrons. The number of nitrogens with one attached hydrogen (secondary N) is 1. The number of benzene rings is 2. The van der Waals surface area contributed by atoms with Crippen LogP contribution in [0.2, 0.25) is 0 Å². The molecule has 1 unspecified atom stereocenters. The van der Waals surface area contributed by atoms with E-state index in [1.54, 1.807) is 12.0 Å². The van der Waals surface area contributed by atoms with E-state index in [-0.39, 0.29) is 24.7 Å². The highest BCUT2D eigenvalue weighted by Gasteiger charge is 2.52. The molecule has 2 N–H and O–H groups in total. The van der Waals surface area contributed by atoms with Crippen LogP contribution in [0.15, 0.2) is 36.4 Å². The maximum atomic E-state index is 13.8. The molecule has 2 aromatic rings. The molecule has 2 amide bonds. The second-order valence-corrected chi connectivity index (χ2v) is 10.6. The highest BCUT2D eigenvalue weighted by atomic mass is 16.5. The van der Waals surface area contributed by atoms with Crippen molar-refractivity contribution in [1.82, 2.24) is 10.2 Å². The van der Waals surface area contributed by atoms with Gasteiger partial charge in [0.1, 0.15) is 22.6 Å². The van der Waals surface area contributed by atoms with Crippen molar-refractivity contribution >= 4 is 17.8 Å². The third-order valence-corrected chi connectivity index (χ3v) is 7.85. The number of rotatable bonds is 15. The smallest absolute Gasteiger partial charge is 0.329 e. The molecule has 1 fully saturated rings. The number of amides is 2. The molecule has 9 heteroatoms. The van der Waals surface area contributed by atoms with Crippen molar-refractivity contribution < 1.29 is 33.7 Å². The molecule has 1 atom stereocenters. The molecule has 3 rings (SSSR count). The summed E-state index contributed by atoms with van der Waals surface area (Å²) in [7, 11) is 1.54. The predicted octanol–water partition coefficient (Wildman–Crippen LogP) is 5.72. The minimum Gasteiger partial charge on any atom is -0.493 e. The fraction of sp³-hybridized carbons (Fsp3) is 0.531. The number of aliphatic carboxylic acids is 1. The number of carboxylic acids is 1. The molecule has 1 saturated carbocycles. The molecule has 0 bridgehead atoms. The van der Waals surface area contributed by atoms with Crippen LogP contribution in [-0.2, 0) is 16.0 Å². The van der Waals surface area contributed by atoms with Gasteiger partial charge in [0, 0.05) is 26.5 Å². The summed E-state index contributed by atoms with van der Waals surface area (Å²) in [6, 6.07) is 11.0. The standard InChI is InChI=1S/C32H44N2O7/c1-7-40-27-18-26(21(3)29(41-8-2)28(27)23(5)35)22(4)34(17-13-12-16-24-14-10-9-11-15-24)31(38)33-32(30(36)37)19-25(20-32)39-6/h9-11,14-15,18,22,25H,7-8,12-13,16-17,19-20H2,1-6H3,(H,33,38)(H,36,37). The van der Waals surface area contributed by atoms with Crippen LogP contribution in [-0.4, -0.2) is 66.3 Å². The van der Waals surface area contributed by atoms with Gasteiger partial charge in [-0.2, -0.15) is 0 Å². The summed E-state index contributed by atoms with van der Waals surface area (Å²) >= 11 is 0. The van der Waals surface area contributed by atoms with Gasteiger partial charge in [0.2, 0.25) is 0 Å². The average Bonchev–Trinajstić information content (AvgIpc) is 2.92. The Hall–Kier alpha value is -3.59. The third kappa shape index (κ3) is 7.38. The van der Waals surface area contributed by atoms with E-state index in [1.807, 2.05) is 52.0 Å². The van der Waals surface area contributed by atoms with Gasteiger partial charge in [-0.05, 0) is 76.6 Å². The van der Waals surface area contributed by atoms with Gasteiger partial charge in [-0.1, -0.05) is 30.3 Å². The van der Waals surface area contributed by atoms with Crippen molar-refractivity contribution in [3.05, 3.63) is 58.7 Å². The first-order chi connectivity index (χ1) is 19.6. The molecule has 0 aromatic heterocycles. The summed E-state index contributed by atoms with van der Waals surface area (Å²) in [5.41, 5.74) is 1.74. The molecule has 0 radical (unpaired) electrons. The lowest BCUT2D eigenvalue weighted by atomic mass is 9.74. The number of aryl methyl sites for hydroxylation is 1. The van der Waals surface area contributed by atoms with Crippen LogP contribution >= 0.6 is 0 Å². The van der Waals surface area contributed by atoms with Crippen LogP contribution in [0.5, 0.6) is 11.5 Å². The number of ether oxygens (including phenoxy) is 3.